The third-order valence-corrected chi connectivity index (χ3v) is 7.41. The average molecular weight is 445 g/mol. The van der Waals surface area contributed by atoms with E-state index in [-0.39, 0.29) is 5.91 Å². The average Bonchev–Trinajstić information content (AvgIpc) is 3.54. The highest BCUT2D eigenvalue weighted by molar-refractivity contribution is 7.13. The summed E-state index contributed by atoms with van der Waals surface area (Å²) in [7, 11) is 0. The van der Waals surface area contributed by atoms with Gasteiger partial charge in [-0.1, -0.05) is 12.1 Å². The Balaban J connectivity index is 1.26. The van der Waals surface area contributed by atoms with Gasteiger partial charge in [-0.15, -0.1) is 11.3 Å². The fourth-order valence-electron chi connectivity index (χ4n) is 5.12. The Morgan fingerprint density at radius 2 is 1.75 bits per heavy atom. The predicted molar refractivity (Wildman–Crippen MR) is 125 cm³/mol. The van der Waals surface area contributed by atoms with E-state index in [4.69, 9.17) is 5.10 Å². The molecule has 0 spiro atoms. The van der Waals surface area contributed by atoms with Gasteiger partial charge in [0.05, 0.1) is 16.0 Å². The third kappa shape index (κ3) is 3.17. The fourth-order valence-corrected chi connectivity index (χ4v) is 5.84. The van der Waals surface area contributed by atoms with Crippen molar-refractivity contribution in [2.75, 3.05) is 31.1 Å². The second-order valence-electron chi connectivity index (χ2n) is 8.82. The van der Waals surface area contributed by atoms with Gasteiger partial charge in [-0.3, -0.25) is 4.79 Å². The molecule has 32 heavy (non-hydrogen) atoms. The molecule has 2 saturated heterocycles. The quantitative estimate of drug-likeness (QED) is 0.482. The minimum atomic E-state index is 0.0817. The van der Waals surface area contributed by atoms with Crippen molar-refractivity contribution >= 4 is 28.7 Å². The summed E-state index contributed by atoms with van der Waals surface area (Å²) in [4.78, 5) is 28.4. The number of hydrogen-bond acceptors (Lipinski definition) is 6. The summed E-state index contributed by atoms with van der Waals surface area (Å²) in [5.74, 6) is 1.78. The Hall–Kier alpha value is -3.26. The van der Waals surface area contributed by atoms with Gasteiger partial charge in [-0.2, -0.15) is 5.10 Å². The lowest BCUT2D eigenvalue weighted by Gasteiger charge is -2.22. The van der Waals surface area contributed by atoms with Crippen LogP contribution in [0.25, 0.3) is 16.1 Å². The van der Waals surface area contributed by atoms with Crippen LogP contribution >= 0.6 is 11.3 Å². The molecule has 0 radical (unpaired) electrons. The van der Waals surface area contributed by atoms with E-state index in [9.17, 15) is 4.79 Å². The van der Waals surface area contributed by atoms with Crippen molar-refractivity contribution in [1.82, 2.24) is 24.5 Å². The van der Waals surface area contributed by atoms with Crippen LogP contribution in [-0.2, 0) is 0 Å². The number of thiophene rings is 1. The molecule has 6 rings (SSSR count). The SMILES string of the molecule is Cc1cc(C)nc(N2C[C@H]3CN(C(=O)c4c(-c5cccs5)nn5ccccc45)C[C@H]3C2)n1. The van der Waals surface area contributed by atoms with Crippen molar-refractivity contribution in [2.24, 2.45) is 11.8 Å². The first-order valence-corrected chi connectivity index (χ1v) is 11.8. The van der Waals surface area contributed by atoms with E-state index in [0.29, 0.717) is 17.4 Å². The largest absolute Gasteiger partial charge is 0.340 e. The molecule has 2 aliphatic rings. The third-order valence-electron chi connectivity index (χ3n) is 6.54. The molecule has 162 valence electrons. The number of pyridine rings is 1. The molecule has 4 aromatic heterocycles. The molecule has 0 unspecified atom stereocenters. The van der Waals surface area contributed by atoms with Crippen LogP contribution in [0.2, 0.25) is 0 Å². The van der Waals surface area contributed by atoms with Gasteiger partial charge in [0.2, 0.25) is 5.95 Å². The van der Waals surface area contributed by atoms with E-state index in [1.807, 2.05) is 71.2 Å². The Labute approximate surface area is 190 Å². The number of hydrogen-bond donors (Lipinski definition) is 0. The standard InChI is InChI=1S/C24H24N6OS/c1-15-10-16(2)26-24(25-15)29-13-17-11-28(12-18(17)14-29)23(31)21-19-6-3-4-8-30(19)27-22(21)20-7-5-9-32-20/h3-10,17-18H,11-14H2,1-2H3/t17-,18+. The summed E-state index contributed by atoms with van der Waals surface area (Å²) in [5.41, 5.74) is 4.34. The van der Waals surface area contributed by atoms with Gasteiger partial charge in [0.1, 0.15) is 5.69 Å². The van der Waals surface area contributed by atoms with E-state index in [1.54, 1.807) is 11.3 Å². The highest BCUT2D eigenvalue weighted by atomic mass is 32.1. The molecule has 0 aliphatic carbocycles. The zero-order chi connectivity index (χ0) is 21.8. The molecule has 4 aromatic rings. The van der Waals surface area contributed by atoms with Crippen LogP contribution in [0.5, 0.6) is 0 Å². The van der Waals surface area contributed by atoms with E-state index < -0.39 is 0 Å². The zero-order valence-electron chi connectivity index (χ0n) is 18.1. The van der Waals surface area contributed by atoms with Crippen molar-refractivity contribution in [3.05, 3.63) is 64.9 Å². The smallest absolute Gasteiger partial charge is 0.258 e. The summed E-state index contributed by atoms with van der Waals surface area (Å²) < 4.78 is 1.82. The maximum absolute atomic E-state index is 13.7. The molecular formula is C24H24N6OS. The van der Waals surface area contributed by atoms with E-state index >= 15 is 0 Å². The van der Waals surface area contributed by atoms with Crippen LogP contribution in [0.1, 0.15) is 21.7 Å². The first-order chi connectivity index (χ1) is 15.6. The summed E-state index contributed by atoms with van der Waals surface area (Å²) in [6, 6.07) is 11.9. The number of amides is 1. The van der Waals surface area contributed by atoms with Crippen molar-refractivity contribution in [2.45, 2.75) is 13.8 Å². The maximum atomic E-state index is 13.7. The molecule has 8 heteroatoms. The first-order valence-electron chi connectivity index (χ1n) is 10.9. The second kappa shape index (κ2) is 7.41. The van der Waals surface area contributed by atoms with Gasteiger partial charge in [-0.25, -0.2) is 14.5 Å². The molecule has 6 heterocycles. The van der Waals surface area contributed by atoms with Gasteiger partial charge in [-0.05, 0) is 43.5 Å². The minimum Gasteiger partial charge on any atom is -0.340 e. The van der Waals surface area contributed by atoms with Gasteiger partial charge in [0, 0.05) is 55.6 Å². The van der Waals surface area contributed by atoms with Crippen LogP contribution in [0.3, 0.4) is 0 Å². The number of aromatic nitrogens is 4. The first kappa shape index (κ1) is 19.4. The number of likely N-dealkylation sites (tertiary alicyclic amines) is 1. The molecule has 0 N–H and O–H groups in total. The topological polar surface area (TPSA) is 66.6 Å². The summed E-state index contributed by atoms with van der Waals surface area (Å²) in [5, 5.41) is 6.77. The monoisotopic (exact) mass is 444 g/mol. The van der Waals surface area contributed by atoms with Gasteiger partial charge >= 0.3 is 0 Å². The molecule has 1 amide bonds. The van der Waals surface area contributed by atoms with Crippen molar-refractivity contribution in [1.29, 1.82) is 0 Å². The van der Waals surface area contributed by atoms with E-state index in [2.05, 4.69) is 14.9 Å². The zero-order valence-corrected chi connectivity index (χ0v) is 18.9. The molecular weight excluding hydrogens is 420 g/mol. The molecule has 0 saturated carbocycles. The fraction of sp³-hybridized carbons (Fsp3) is 0.333. The maximum Gasteiger partial charge on any atom is 0.258 e. The molecule has 0 bridgehead atoms. The molecule has 7 nitrogen and oxygen atoms in total. The van der Waals surface area contributed by atoms with Crippen LogP contribution in [0, 0.1) is 25.7 Å². The number of nitrogens with zero attached hydrogens (tertiary/aromatic N) is 6. The highest BCUT2D eigenvalue weighted by Gasteiger charge is 2.43. The number of aryl methyl sites for hydroxylation is 2. The lowest BCUT2D eigenvalue weighted by molar-refractivity contribution is 0.0785. The molecule has 2 fully saturated rings. The number of anilines is 1. The minimum absolute atomic E-state index is 0.0817. The highest BCUT2D eigenvalue weighted by Crippen LogP contribution is 2.36. The number of fused-ring (bicyclic) bond motifs is 2. The lowest BCUT2D eigenvalue weighted by atomic mass is 10.0. The van der Waals surface area contributed by atoms with Crippen molar-refractivity contribution in [3.63, 3.8) is 0 Å². The molecule has 2 aliphatic heterocycles. The predicted octanol–water partition coefficient (Wildman–Crippen LogP) is 3.68. The van der Waals surface area contributed by atoms with E-state index in [1.165, 1.54) is 0 Å². The van der Waals surface area contributed by atoms with Gasteiger partial charge in [0.25, 0.3) is 5.91 Å². The Kier molecular flexibility index (Phi) is 4.50. The molecule has 2 atom stereocenters. The number of carbonyl (C=O) groups is 1. The van der Waals surface area contributed by atoms with Crippen LogP contribution in [-0.4, -0.2) is 56.6 Å². The van der Waals surface area contributed by atoms with E-state index in [0.717, 1.165) is 59.6 Å². The van der Waals surface area contributed by atoms with Crippen molar-refractivity contribution < 1.29 is 4.79 Å². The summed E-state index contributed by atoms with van der Waals surface area (Å²) >= 11 is 1.62. The Bertz CT molecular complexity index is 1280. The number of carbonyl (C=O) groups excluding carboxylic acids is 1. The van der Waals surface area contributed by atoms with Crippen LogP contribution in [0.4, 0.5) is 5.95 Å². The second-order valence-corrected chi connectivity index (χ2v) is 9.77. The summed E-state index contributed by atoms with van der Waals surface area (Å²) in [6.45, 7) is 7.33. The Morgan fingerprint density at radius 1 is 1.00 bits per heavy atom. The summed E-state index contributed by atoms with van der Waals surface area (Å²) in [6.07, 6.45) is 1.91. The lowest BCUT2D eigenvalue weighted by Crippen LogP contribution is -2.34. The van der Waals surface area contributed by atoms with Gasteiger partial charge < -0.3 is 9.80 Å². The van der Waals surface area contributed by atoms with Crippen LogP contribution in [0.15, 0.2) is 48.0 Å². The molecule has 0 aromatic carbocycles. The Morgan fingerprint density at radius 3 is 2.44 bits per heavy atom. The van der Waals surface area contributed by atoms with Crippen molar-refractivity contribution in [3.8, 4) is 10.6 Å². The number of rotatable bonds is 3. The normalized spacial score (nSPS) is 20.3. The van der Waals surface area contributed by atoms with Gasteiger partial charge in [0.15, 0.2) is 0 Å². The van der Waals surface area contributed by atoms with Crippen LogP contribution < -0.4 is 4.90 Å².